The van der Waals surface area contributed by atoms with Crippen LogP contribution in [0.15, 0.2) is 12.1 Å². The van der Waals surface area contributed by atoms with Crippen molar-refractivity contribution in [2.75, 3.05) is 6.54 Å². The Hall–Kier alpha value is -1.55. The number of rotatable bonds is 6. The SMILES string of the molecule is CCC(Oc1c(C)cc(CCN)cc1C)C(N)=O. The molecule has 1 aromatic carbocycles. The molecule has 4 N–H and O–H groups in total. The number of hydrogen-bond acceptors (Lipinski definition) is 3. The summed E-state index contributed by atoms with van der Waals surface area (Å²) in [5, 5.41) is 0. The zero-order valence-corrected chi connectivity index (χ0v) is 11.3. The number of carbonyl (C=O) groups excluding carboxylic acids is 1. The fourth-order valence-electron chi connectivity index (χ4n) is 2.02. The number of amides is 1. The van der Waals surface area contributed by atoms with E-state index in [9.17, 15) is 4.79 Å². The van der Waals surface area contributed by atoms with Crippen molar-refractivity contribution in [1.29, 1.82) is 0 Å². The highest BCUT2D eigenvalue weighted by Crippen LogP contribution is 2.26. The van der Waals surface area contributed by atoms with E-state index in [1.54, 1.807) is 0 Å². The normalized spacial score (nSPS) is 12.2. The van der Waals surface area contributed by atoms with Crippen LogP contribution in [0, 0.1) is 13.8 Å². The van der Waals surface area contributed by atoms with Gasteiger partial charge in [-0.25, -0.2) is 0 Å². The Balaban J connectivity index is 2.99. The van der Waals surface area contributed by atoms with E-state index >= 15 is 0 Å². The molecule has 1 rings (SSSR count). The van der Waals surface area contributed by atoms with Gasteiger partial charge in [-0.3, -0.25) is 4.79 Å². The molecule has 0 aliphatic heterocycles. The van der Waals surface area contributed by atoms with Crippen molar-refractivity contribution >= 4 is 5.91 Å². The highest BCUT2D eigenvalue weighted by molar-refractivity contribution is 5.79. The summed E-state index contributed by atoms with van der Waals surface area (Å²) in [6, 6.07) is 4.09. The second-order valence-corrected chi connectivity index (χ2v) is 4.51. The van der Waals surface area contributed by atoms with Crippen LogP contribution in [0.4, 0.5) is 0 Å². The maximum atomic E-state index is 11.2. The average Bonchev–Trinajstić information content (AvgIpc) is 2.28. The van der Waals surface area contributed by atoms with Crippen LogP contribution in [-0.2, 0) is 11.2 Å². The van der Waals surface area contributed by atoms with E-state index in [0.29, 0.717) is 13.0 Å². The lowest BCUT2D eigenvalue weighted by atomic mass is 10.0. The summed E-state index contributed by atoms with van der Waals surface area (Å²) < 4.78 is 5.71. The minimum atomic E-state index is -0.567. The molecule has 0 fully saturated rings. The van der Waals surface area contributed by atoms with Crippen LogP contribution in [0.25, 0.3) is 0 Å². The lowest BCUT2D eigenvalue weighted by molar-refractivity contribution is -0.124. The second kappa shape index (κ2) is 6.40. The molecular weight excluding hydrogens is 228 g/mol. The summed E-state index contributed by atoms with van der Waals surface area (Å²) in [5.74, 6) is 0.323. The van der Waals surface area contributed by atoms with E-state index in [-0.39, 0.29) is 0 Å². The van der Waals surface area contributed by atoms with E-state index in [0.717, 1.165) is 23.3 Å². The zero-order valence-electron chi connectivity index (χ0n) is 11.3. The van der Waals surface area contributed by atoms with Crippen LogP contribution in [0.3, 0.4) is 0 Å². The summed E-state index contributed by atoms with van der Waals surface area (Å²) in [5.41, 5.74) is 14.1. The fourth-order valence-corrected chi connectivity index (χ4v) is 2.02. The molecule has 0 aliphatic rings. The summed E-state index contributed by atoms with van der Waals surface area (Å²) in [7, 11) is 0. The van der Waals surface area contributed by atoms with Gasteiger partial charge in [0.25, 0.3) is 5.91 Å². The lowest BCUT2D eigenvalue weighted by Gasteiger charge is -2.19. The molecule has 1 amide bonds. The monoisotopic (exact) mass is 250 g/mol. The molecule has 0 spiro atoms. The molecule has 18 heavy (non-hydrogen) atoms. The van der Waals surface area contributed by atoms with Crippen LogP contribution < -0.4 is 16.2 Å². The van der Waals surface area contributed by atoms with Gasteiger partial charge in [0.05, 0.1) is 0 Å². The number of hydrogen-bond donors (Lipinski definition) is 2. The molecule has 0 saturated carbocycles. The van der Waals surface area contributed by atoms with Crippen LogP contribution >= 0.6 is 0 Å². The first-order chi connectivity index (χ1) is 8.49. The second-order valence-electron chi connectivity index (χ2n) is 4.51. The van der Waals surface area contributed by atoms with E-state index in [1.807, 2.05) is 32.9 Å². The first-order valence-corrected chi connectivity index (χ1v) is 6.25. The van der Waals surface area contributed by atoms with Gasteiger partial charge in [-0.15, -0.1) is 0 Å². The predicted octanol–water partition coefficient (Wildman–Crippen LogP) is 1.45. The smallest absolute Gasteiger partial charge is 0.258 e. The number of ether oxygens (including phenoxy) is 1. The summed E-state index contributed by atoms with van der Waals surface area (Å²) in [6.45, 7) is 6.44. The Morgan fingerprint density at radius 3 is 2.28 bits per heavy atom. The van der Waals surface area contributed by atoms with E-state index in [4.69, 9.17) is 16.2 Å². The number of aryl methyl sites for hydroxylation is 2. The first kappa shape index (κ1) is 14.5. The standard InChI is InChI=1S/C14H22N2O2/c1-4-12(14(16)17)18-13-9(2)7-11(5-6-15)8-10(13)3/h7-8,12H,4-6,15H2,1-3H3,(H2,16,17). The van der Waals surface area contributed by atoms with Crippen LogP contribution in [0.2, 0.25) is 0 Å². The van der Waals surface area contributed by atoms with Crippen molar-refractivity contribution in [1.82, 2.24) is 0 Å². The molecule has 0 heterocycles. The number of carbonyl (C=O) groups is 1. The van der Waals surface area contributed by atoms with Crippen LogP contribution in [0.5, 0.6) is 5.75 Å². The third-order valence-corrected chi connectivity index (χ3v) is 2.90. The lowest BCUT2D eigenvalue weighted by Crippen LogP contribution is -2.33. The van der Waals surface area contributed by atoms with Gasteiger partial charge in [-0.2, -0.15) is 0 Å². The van der Waals surface area contributed by atoms with Crippen molar-refractivity contribution in [3.05, 3.63) is 28.8 Å². The fraction of sp³-hybridized carbons (Fsp3) is 0.500. The van der Waals surface area contributed by atoms with Gasteiger partial charge in [-0.1, -0.05) is 19.1 Å². The Kier molecular flexibility index (Phi) is 5.16. The molecule has 0 aromatic heterocycles. The minimum Gasteiger partial charge on any atom is -0.480 e. The molecule has 1 unspecified atom stereocenters. The number of nitrogens with two attached hydrogens (primary N) is 2. The molecule has 0 aliphatic carbocycles. The predicted molar refractivity (Wildman–Crippen MR) is 72.6 cm³/mol. The maximum Gasteiger partial charge on any atom is 0.258 e. The average molecular weight is 250 g/mol. The molecule has 4 heteroatoms. The van der Waals surface area contributed by atoms with Crippen molar-refractivity contribution in [2.24, 2.45) is 11.5 Å². The molecule has 0 bridgehead atoms. The van der Waals surface area contributed by atoms with Gasteiger partial charge < -0.3 is 16.2 Å². The van der Waals surface area contributed by atoms with Crippen molar-refractivity contribution in [2.45, 2.75) is 39.7 Å². The molecule has 1 aromatic rings. The Morgan fingerprint density at radius 2 is 1.89 bits per heavy atom. The maximum absolute atomic E-state index is 11.2. The van der Waals surface area contributed by atoms with Crippen LogP contribution in [0.1, 0.15) is 30.0 Å². The molecule has 0 saturated heterocycles. The van der Waals surface area contributed by atoms with Gasteiger partial charge in [0, 0.05) is 0 Å². The van der Waals surface area contributed by atoms with Gasteiger partial charge in [0.15, 0.2) is 6.10 Å². The number of benzene rings is 1. The molecule has 0 radical (unpaired) electrons. The largest absolute Gasteiger partial charge is 0.480 e. The van der Waals surface area contributed by atoms with E-state index < -0.39 is 12.0 Å². The Morgan fingerprint density at radius 1 is 1.33 bits per heavy atom. The highest BCUT2D eigenvalue weighted by Gasteiger charge is 2.17. The van der Waals surface area contributed by atoms with E-state index in [1.165, 1.54) is 5.56 Å². The topological polar surface area (TPSA) is 78.3 Å². The minimum absolute atomic E-state index is 0.428. The van der Waals surface area contributed by atoms with Crippen LogP contribution in [-0.4, -0.2) is 18.6 Å². The summed E-state index contributed by atoms with van der Waals surface area (Å²) in [4.78, 5) is 11.2. The highest BCUT2D eigenvalue weighted by atomic mass is 16.5. The van der Waals surface area contributed by atoms with Gasteiger partial charge in [0.2, 0.25) is 0 Å². The first-order valence-electron chi connectivity index (χ1n) is 6.25. The quantitative estimate of drug-likeness (QED) is 0.802. The molecule has 100 valence electrons. The van der Waals surface area contributed by atoms with Gasteiger partial charge in [-0.05, 0) is 49.9 Å². The summed E-state index contributed by atoms with van der Waals surface area (Å²) >= 11 is 0. The summed E-state index contributed by atoms with van der Waals surface area (Å²) in [6.07, 6.45) is 0.844. The third-order valence-electron chi connectivity index (χ3n) is 2.90. The van der Waals surface area contributed by atoms with Gasteiger partial charge in [0.1, 0.15) is 5.75 Å². The van der Waals surface area contributed by atoms with E-state index in [2.05, 4.69) is 0 Å². The Bertz CT molecular complexity index is 407. The zero-order chi connectivity index (χ0) is 13.7. The van der Waals surface area contributed by atoms with Gasteiger partial charge >= 0.3 is 0 Å². The Labute approximate surface area is 108 Å². The van der Waals surface area contributed by atoms with Crippen molar-refractivity contribution < 1.29 is 9.53 Å². The molecule has 4 nitrogen and oxygen atoms in total. The van der Waals surface area contributed by atoms with Crippen molar-refractivity contribution in [3.63, 3.8) is 0 Å². The number of primary amides is 1. The third kappa shape index (κ3) is 3.47. The molecular formula is C14H22N2O2. The van der Waals surface area contributed by atoms with Crippen molar-refractivity contribution in [3.8, 4) is 5.75 Å². The molecule has 1 atom stereocenters.